The monoisotopic (exact) mass is 241 g/mol. The van der Waals surface area contributed by atoms with Gasteiger partial charge in [-0.1, -0.05) is 36.8 Å². The molecule has 1 saturated heterocycles. The minimum absolute atomic E-state index is 0.423. The third-order valence-corrected chi connectivity index (χ3v) is 5.63. The van der Waals surface area contributed by atoms with Crippen molar-refractivity contribution in [2.24, 2.45) is 11.8 Å². The van der Waals surface area contributed by atoms with Crippen LogP contribution in [-0.2, 0) is 5.54 Å². The molecule has 1 aromatic carbocycles. The smallest absolute Gasteiger partial charge is 0.0491 e. The summed E-state index contributed by atoms with van der Waals surface area (Å²) in [5, 5.41) is 0. The molecule has 0 amide bonds. The summed E-state index contributed by atoms with van der Waals surface area (Å²) in [5.74, 6) is 2.02. The molecule has 96 valence electrons. The molecule has 0 unspecified atom stereocenters. The average Bonchev–Trinajstić information content (AvgIpc) is 3.15. The molecule has 3 fully saturated rings. The fourth-order valence-electron chi connectivity index (χ4n) is 4.70. The maximum absolute atomic E-state index is 2.85. The molecular formula is C17H23N. The van der Waals surface area contributed by atoms with Crippen molar-refractivity contribution in [3.63, 3.8) is 0 Å². The number of piperidine rings is 1. The Morgan fingerprint density at radius 3 is 2.39 bits per heavy atom. The first kappa shape index (κ1) is 11.0. The van der Waals surface area contributed by atoms with Crippen molar-refractivity contribution in [1.29, 1.82) is 0 Å². The second kappa shape index (κ2) is 4.09. The van der Waals surface area contributed by atoms with Crippen LogP contribution in [0.3, 0.4) is 0 Å². The molecule has 18 heavy (non-hydrogen) atoms. The lowest BCUT2D eigenvalue weighted by Crippen LogP contribution is -2.49. The Bertz CT molecular complexity index is 420. The molecule has 1 heteroatoms. The van der Waals surface area contributed by atoms with Crippen LogP contribution in [-0.4, -0.2) is 18.0 Å². The Hall–Kier alpha value is -0.820. The Kier molecular flexibility index (Phi) is 2.51. The first-order valence-electron chi connectivity index (χ1n) is 7.72. The second-order valence-electron chi connectivity index (χ2n) is 6.48. The molecule has 3 aliphatic rings. The quantitative estimate of drug-likeness (QED) is 0.761. The first-order chi connectivity index (χ1) is 8.91. The summed E-state index contributed by atoms with van der Waals surface area (Å²) in [6.07, 6.45) is 8.63. The van der Waals surface area contributed by atoms with Crippen molar-refractivity contribution in [3.8, 4) is 0 Å². The Morgan fingerprint density at radius 2 is 1.78 bits per heavy atom. The predicted octanol–water partition coefficient (Wildman–Crippen LogP) is 3.80. The number of hydrogen-bond acceptors (Lipinski definition) is 1. The average molecular weight is 241 g/mol. The first-order valence-corrected chi connectivity index (χ1v) is 7.72. The minimum Gasteiger partial charge on any atom is -0.293 e. The maximum atomic E-state index is 2.85. The van der Waals surface area contributed by atoms with Gasteiger partial charge in [0.25, 0.3) is 0 Å². The van der Waals surface area contributed by atoms with Crippen LogP contribution in [0.2, 0.25) is 0 Å². The van der Waals surface area contributed by atoms with E-state index in [0.29, 0.717) is 5.54 Å². The number of rotatable bonds is 2. The normalized spacial score (nSPS) is 39.6. The zero-order valence-corrected chi connectivity index (χ0v) is 11.1. The predicted molar refractivity (Wildman–Crippen MR) is 74.4 cm³/mol. The van der Waals surface area contributed by atoms with Crippen LogP contribution >= 0.6 is 0 Å². The highest BCUT2D eigenvalue weighted by Crippen LogP contribution is 2.64. The molecule has 2 saturated carbocycles. The van der Waals surface area contributed by atoms with Crippen LogP contribution in [0.15, 0.2) is 30.3 Å². The number of benzene rings is 1. The van der Waals surface area contributed by atoms with E-state index in [4.69, 9.17) is 0 Å². The lowest BCUT2D eigenvalue weighted by molar-refractivity contribution is 0.0494. The van der Waals surface area contributed by atoms with Gasteiger partial charge < -0.3 is 0 Å². The Morgan fingerprint density at radius 1 is 1.00 bits per heavy atom. The highest BCUT2D eigenvalue weighted by molar-refractivity contribution is 5.31. The van der Waals surface area contributed by atoms with Crippen molar-refractivity contribution >= 4 is 0 Å². The molecule has 1 aliphatic heterocycles. The number of hydrogen-bond donors (Lipinski definition) is 0. The highest BCUT2D eigenvalue weighted by atomic mass is 15.2. The zero-order valence-electron chi connectivity index (χ0n) is 11.1. The standard InChI is InChI=1S/C17H23N/c1-3-7-15(8-4-1)17(10-9-14-13-16(14)17)18-11-5-2-6-12-18/h1,3-4,7-8,14,16H,2,5-6,9-13H2/t14-,16+,17+/m1/s1. The molecule has 0 N–H and O–H groups in total. The van der Waals surface area contributed by atoms with Crippen molar-refractivity contribution in [2.75, 3.05) is 13.1 Å². The van der Waals surface area contributed by atoms with E-state index in [1.807, 2.05) is 0 Å². The molecule has 0 spiro atoms. The van der Waals surface area contributed by atoms with Crippen LogP contribution in [0.1, 0.15) is 44.1 Å². The third kappa shape index (κ3) is 1.50. The summed E-state index contributed by atoms with van der Waals surface area (Å²) < 4.78 is 0. The Balaban J connectivity index is 1.74. The van der Waals surface area contributed by atoms with Crippen molar-refractivity contribution < 1.29 is 0 Å². The second-order valence-corrected chi connectivity index (χ2v) is 6.48. The SMILES string of the molecule is c1ccc([C@@]2(N3CCCCC3)CC[C@@H]3C[C@@H]32)cc1. The molecule has 3 atom stereocenters. The summed E-state index contributed by atoms with van der Waals surface area (Å²) in [5.41, 5.74) is 2.03. The number of nitrogens with zero attached hydrogens (tertiary/aromatic N) is 1. The van der Waals surface area contributed by atoms with Gasteiger partial charge in [-0.15, -0.1) is 0 Å². The van der Waals surface area contributed by atoms with E-state index in [1.165, 1.54) is 51.6 Å². The van der Waals surface area contributed by atoms with Crippen molar-refractivity contribution in [2.45, 2.75) is 44.1 Å². The van der Waals surface area contributed by atoms with Crippen LogP contribution in [0.4, 0.5) is 0 Å². The van der Waals surface area contributed by atoms with E-state index in [1.54, 1.807) is 5.56 Å². The van der Waals surface area contributed by atoms with Gasteiger partial charge in [-0.2, -0.15) is 0 Å². The van der Waals surface area contributed by atoms with Gasteiger partial charge in [0.2, 0.25) is 0 Å². The molecule has 1 aromatic rings. The molecule has 0 bridgehead atoms. The molecule has 1 nitrogen and oxygen atoms in total. The van der Waals surface area contributed by atoms with Gasteiger partial charge in [0.15, 0.2) is 0 Å². The molecular weight excluding hydrogens is 218 g/mol. The van der Waals surface area contributed by atoms with Crippen molar-refractivity contribution in [3.05, 3.63) is 35.9 Å². The largest absolute Gasteiger partial charge is 0.293 e. The highest BCUT2D eigenvalue weighted by Gasteiger charge is 2.60. The Labute approximate surface area is 110 Å². The van der Waals surface area contributed by atoms with Crippen LogP contribution in [0, 0.1) is 11.8 Å². The lowest BCUT2D eigenvalue weighted by Gasteiger charge is -2.45. The zero-order chi connectivity index (χ0) is 12.0. The van der Waals surface area contributed by atoms with E-state index in [0.717, 1.165) is 11.8 Å². The van der Waals surface area contributed by atoms with E-state index < -0.39 is 0 Å². The molecule has 0 aromatic heterocycles. The summed E-state index contributed by atoms with van der Waals surface area (Å²) in [4.78, 5) is 2.85. The molecule has 2 aliphatic carbocycles. The van der Waals surface area contributed by atoms with Gasteiger partial charge in [-0.25, -0.2) is 0 Å². The maximum Gasteiger partial charge on any atom is 0.0491 e. The topological polar surface area (TPSA) is 3.24 Å². The lowest BCUT2D eigenvalue weighted by atomic mass is 9.81. The van der Waals surface area contributed by atoms with Gasteiger partial charge in [-0.05, 0) is 62.6 Å². The summed E-state index contributed by atoms with van der Waals surface area (Å²) in [7, 11) is 0. The van der Waals surface area contributed by atoms with Crippen LogP contribution < -0.4 is 0 Å². The fourth-order valence-corrected chi connectivity index (χ4v) is 4.70. The minimum atomic E-state index is 0.423. The van der Waals surface area contributed by atoms with Gasteiger partial charge in [0.1, 0.15) is 0 Å². The number of fused-ring (bicyclic) bond motifs is 1. The molecule has 1 heterocycles. The third-order valence-electron chi connectivity index (χ3n) is 5.63. The van der Waals surface area contributed by atoms with E-state index >= 15 is 0 Å². The van der Waals surface area contributed by atoms with Crippen molar-refractivity contribution in [1.82, 2.24) is 4.90 Å². The van der Waals surface area contributed by atoms with Crippen LogP contribution in [0.25, 0.3) is 0 Å². The summed E-state index contributed by atoms with van der Waals surface area (Å²) in [6.45, 7) is 2.66. The molecule has 0 radical (unpaired) electrons. The van der Waals surface area contributed by atoms with Gasteiger partial charge in [-0.3, -0.25) is 4.90 Å². The fraction of sp³-hybridized carbons (Fsp3) is 0.647. The summed E-state index contributed by atoms with van der Waals surface area (Å²) >= 11 is 0. The van der Waals surface area contributed by atoms with Gasteiger partial charge >= 0.3 is 0 Å². The van der Waals surface area contributed by atoms with E-state index in [2.05, 4.69) is 35.2 Å². The van der Waals surface area contributed by atoms with Gasteiger partial charge in [0, 0.05) is 5.54 Å². The van der Waals surface area contributed by atoms with Crippen LogP contribution in [0.5, 0.6) is 0 Å². The molecule has 4 rings (SSSR count). The van der Waals surface area contributed by atoms with Gasteiger partial charge in [0.05, 0.1) is 0 Å². The summed E-state index contributed by atoms with van der Waals surface area (Å²) in [6, 6.07) is 11.4. The van der Waals surface area contributed by atoms with E-state index in [9.17, 15) is 0 Å². The van der Waals surface area contributed by atoms with E-state index in [-0.39, 0.29) is 0 Å². The number of likely N-dealkylation sites (tertiary alicyclic amines) is 1.